The Labute approximate surface area is 118 Å². The third-order valence-corrected chi connectivity index (χ3v) is 3.06. The second-order valence-corrected chi connectivity index (χ2v) is 4.33. The molecule has 1 atom stereocenters. The number of nitrogens with one attached hydrogen (secondary N) is 1. The van der Waals surface area contributed by atoms with Crippen LogP contribution in [-0.4, -0.2) is 23.7 Å². The van der Waals surface area contributed by atoms with Crippen LogP contribution in [0.15, 0.2) is 24.3 Å². The number of halogens is 1. The van der Waals surface area contributed by atoms with Crippen molar-refractivity contribution in [2.75, 3.05) is 11.9 Å². The number of hydrogen-bond donors (Lipinski definition) is 3. The Morgan fingerprint density at radius 2 is 2.21 bits per heavy atom. The highest BCUT2D eigenvalue weighted by molar-refractivity contribution is 6.33. The fourth-order valence-electron chi connectivity index (χ4n) is 1.88. The van der Waals surface area contributed by atoms with Crippen molar-refractivity contribution in [1.29, 1.82) is 0 Å². The lowest BCUT2D eigenvalue weighted by atomic mass is 9.95. The highest BCUT2D eigenvalue weighted by Gasteiger charge is 2.19. The first kappa shape index (κ1) is 15.5. The van der Waals surface area contributed by atoms with Crippen molar-refractivity contribution < 1.29 is 9.90 Å². The Morgan fingerprint density at radius 1 is 1.53 bits per heavy atom. The van der Waals surface area contributed by atoms with Crippen molar-refractivity contribution in [2.45, 2.75) is 26.3 Å². The zero-order valence-electron chi connectivity index (χ0n) is 11.1. The molecule has 0 bridgehead atoms. The molecule has 104 valence electrons. The molecule has 1 unspecified atom stereocenters. The lowest BCUT2D eigenvalue weighted by Gasteiger charge is -2.21. The van der Waals surface area contributed by atoms with Gasteiger partial charge in [-0.2, -0.15) is 0 Å². The van der Waals surface area contributed by atoms with E-state index >= 15 is 0 Å². The van der Waals surface area contributed by atoms with E-state index in [0.717, 1.165) is 16.8 Å². The Balaban J connectivity index is 0.000000861. The maximum atomic E-state index is 10.8. The van der Waals surface area contributed by atoms with E-state index < -0.39 is 12.0 Å². The van der Waals surface area contributed by atoms with Crippen molar-refractivity contribution in [2.24, 2.45) is 5.73 Å². The van der Waals surface area contributed by atoms with Gasteiger partial charge in [0.2, 0.25) is 0 Å². The molecule has 5 heteroatoms. The number of hydrogen-bond acceptors (Lipinski definition) is 3. The molecule has 0 saturated heterocycles. The Kier molecular flexibility index (Phi) is 5.86. The predicted molar refractivity (Wildman–Crippen MR) is 79.5 cm³/mol. The smallest absolute Gasteiger partial charge is 0.320 e. The van der Waals surface area contributed by atoms with Gasteiger partial charge < -0.3 is 16.2 Å². The van der Waals surface area contributed by atoms with Crippen LogP contribution in [0.1, 0.15) is 25.8 Å². The average molecular weight is 283 g/mol. The molecule has 0 saturated carbocycles. The number of carboxylic acids is 1. The number of para-hydroxylation sites is 1. The number of anilines is 1. The van der Waals surface area contributed by atoms with Crippen LogP contribution in [0.3, 0.4) is 0 Å². The monoisotopic (exact) mass is 282 g/mol. The first-order valence-electron chi connectivity index (χ1n) is 6.30. The van der Waals surface area contributed by atoms with Crippen molar-refractivity contribution in [3.8, 4) is 0 Å². The second-order valence-electron chi connectivity index (χ2n) is 3.92. The summed E-state index contributed by atoms with van der Waals surface area (Å²) in [4.78, 5) is 10.8. The fourth-order valence-corrected chi connectivity index (χ4v) is 2.12. The van der Waals surface area contributed by atoms with E-state index in [1.54, 1.807) is 6.07 Å². The van der Waals surface area contributed by atoms with Gasteiger partial charge in [0.1, 0.15) is 6.04 Å². The molecular formula is C14H19ClN2O2. The second kappa shape index (κ2) is 7.16. The summed E-state index contributed by atoms with van der Waals surface area (Å²) in [6, 6.07) is 4.67. The molecular weight excluding hydrogens is 264 g/mol. The van der Waals surface area contributed by atoms with Crippen LogP contribution < -0.4 is 11.1 Å². The number of rotatable bonds is 3. The minimum atomic E-state index is -0.993. The predicted octanol–water partition coefficient (Wildman–Crippen LogP) is 2.98. The van der Waals surface area contributed by atoms with E-state index in [1.807, 2.05) is 32.1 Å². The van der Waals surface area contributed by atoms with Gasteiger partial charge in [-0.1, -0.05) is 43.7 Å². The quantitative estimate of drug-likeness (QED) is 0.797. The van der Waals surface area contributed by atoms with Crippen molar-refractivity contribution in [3.05, 3.63) is 34.9 Å². The van der Waals surface area contributed by atoms with Gasteiger partial charge in [-0.25, -0.2) is 0 Å². The van der Waals surface area contributed by atoms with Gasteiger partial charge in [-0.05, 0) is 18.1 Å². The Bertz CT molecular complexity index is 486. The largest absolute Gasteiger partial charge is 0.480 e. The maximum absolute atomic E-state index is 10.8. The van der Waals surface area contributed by atoms with Crippen LogP contribution in [0.5, 0.6) is 0 Å². The first-order chi connectivity index (χ1) is 9.09. The summed E-state index contributed by atoms with van der Waals surface area (Å²) in [7, 11) is 0. The maximum Gasteiger partial charge on any atom is 0.320 e. The van der Waals surface area contributed by atoms with E-state index in [1.165, 1.54) is 0 Å². The minimum absolute atomic E-state index is 0.310. The zero-order valence-corrected chi connectivity index (χ0v) is 11.9. The van der Waals surface area contributed by atoms with Crippen LogP contribution in [0.4, 0.5) is 5.69 Å². The van der Waals surface area contributed by atoms with Gasteiger partial charge in [0.15, 0.2) is 0 Å². The lowest BCUT2D eigenvalue weighted by molar-refractivity contribution is -0.138. The molecule has 4 N–H and O–H groups in total. The van der Waals surface area contributed by atoms with E-state index in [0.29, 0.717) is 18.0 Å². The van der Waals surface area contributed by atoms with Gasteiger partial charge in [-0.3, -0.25) is 4.79 Å². The third kappa shape index (κ3) is 3.72. The summed E-state index contributed by atoms with van der Waals surface area (Å²) in [6.45, 7) is 4.64. The standard InChI is InChI=1S/C12H13ClN2O2.C2H6/c13-9-3-1-2-8-7(4-5-15-11(8)9)6-10(14)12(16)17;1-2/h1-4,10,15H,5-6,14H2,(H,16,17);1-2H3. The molecule has 0 aromatic heterocycles. The summed E-state index contributed by atoms with van der Waals surface area (Å²) in [5.74, 6) is -0.993. The third-order valence-electron chi connectivity index (χ3n) is 2.74. The highest BCUT2D eigenvalue weighted by Crippen LogP contribution is 2.35. The average Bonchev–Trinajstić information content (AvgIpc) is 2.42. The van der Waals surface area contributed by atoms with Crippen molar-refractivity contribution >= 4 is 28.8 Å². The van der Waals surface area contributed by atoms with Crippen LogP contribution in [0.2, 0.25) is 5.02 Å². The van der Waals surface area contributed by atoms with E-state index in [9.17, 15) is 4.79 Å². The molecule has 2 rings (SSSR count). The lowest BCUT2D eigenvalue weighted by Crippen LogP contribution is -2.30. The normalized spacial score (nSPS) is 14.2. The first-order valence-corrected chi connectivity index (χ1v) is 6.67. The number of benzene rings is 1. The Hall–Kier alpha value is -1.52. The minimum Gasteiger partial charge on any atom is -0.480 e. The molecule has 1 heterocycles. The van der Waals surface area contributed by atoms with Gasteiger partial charge in [0, 0.05) is 12.1 Å². The van der Waals surface area contributed by atoms with Gasteiger partial charge in [-0.15, -0.1) is 0 Å². The molecule has 1 aliphatic rings. The van der Waals surface area contributed by atoms with Crippen LogP contribution >= 0.6 is 11.6 Å². The zero-order chi connectivity index (χ0) is 14.4. The molecule has 0 fully saturated rings. The summed E-state index contributed by atoms with van der Waals surface area (Å²) in [5.41, 5.74) is 8.26. The molecule has 1 aromatic rings. The number of aliphatic carboxylic acids is 1. The van der Waals surface area contributed by atoms with Crippen LogP contribution in [-0.2, 0) is 4.79 Å². The van der Waals surface area contributed by atoms with Crippen LogP contribution in [0, 0.1) is 0 Å². The molecule has 0 aliphatic carbocycles. The van der Waals surface area contributed by atoms with Gasteiger partial charge in [0.05, 0.1) is 10.7 Å². The molecule has 19 heavy (non-hydrogen) atoms. The Morgan fingerprint density at radius 3 is 2.84 bits per heavy atom. The number of fused-ring (bicyclic) bond motifs is 1. The van der Waals surface area contributed by atoms with Gasteiger partial charge in [0.25, 0.3) is 0 Å². The van der Waals surface area contributed by atoms with Crippen LogP contribution in [0.25, 0.3) is 5.57 Å². The van der Waals surface area contributed by atoms with E-state index in [4.69, 9.17) is 22.4 Å². The summed E-state index contributed by atoms with van der Waals surface area (Å²) < 4.78 is 0. The van der Waals surface area contributed by atoms with Crippen molar-refractivity contribution in [3.63, 3.8) is 0 Å². The molecule has 0 amide bonds. The highest BCUT2D eigenvalue weighted by atomic mass is 35.5. The number of carbonyl (C=O) groups is 1. The van der Waals surface area contributed by atoms with Crippen molar-refractivity contribution in [1.82, 2.24) is 0 Å². The van der Waals surface area contributed by atoms with E-state index in [-0.39, 0.29) is 0 Å². The molecule has 1 aliphatic heterocycles. The topological polar surface area (TPSA) is 75.3 Å². The molecule has 0 radical (unpaired) electrons. The summed E-state index contributed by atoms with van der Waals surface area (Å²) in [5, 5.41) is 12.6. The fraction of sp³-hybridized carbons (Fsp3) is 0.357. The number of carboxylic acid groups (broad SMARTS) is 1. The SMILES string of the molecule is CC.NC(CC1=CCNc2c(Cl)cccc21)C(=O)O. The summed E-state index contributed by atoms with van der Waals surface area (Å²) >= 11 is 6.07. The van der Waals surface area contributed by atoms with Gasteiger partial charge >= 0.3 is 5.97 Å². The summed E-state index contributed by atoms with van der Waals surface area (Å²) in [6.07, 6.45) is 2.26. The van der Waals surface area contributed by atoms with E-state index in [2.05, 4.69) is 5.32 Å². The molecule has 0 spiro atoms. The molecule has 1 aromatic carbocycles. The molecule has 4 nitrogen and oxygen atoms in total. The number of nitrogens with two attached hydrogens (primary N) is 1.